The summed E-state index contributed by atoms with van der Waals surface area (Å²) in [6, 6.07) is 17.5. The topological polar surface area (TPSA) is 79.3 Å². The fourth-order valence-corrected chi connectivity index (χ4v) is 2.99. The van der Waals surface area contributed by atoms with Gasteiger partial charge in [-0.05, 0) is 35.2 Å². The van der Waals surface area contributed by atoms with E-state index in [0.29, 0.717) is 11.3 Å². The van der Waals surface area contributed by atoms with E-state index < -0.39 is 17.9 Å². The van der Waals surface area contributed by atoms with Crippen LogP contribution in [0.3, 0.4) is 0 Å². The van der Waals surface area contributed by atoms with Crippen LogP contribution in [0, 0.1) is 0 Å². The number of aromatic nitrogens is 1. The van der Waals surface area contributed by atoms with Crippen LogP contribution in [0.1, 0.15) is 42.4 Å². The molecule has 0 aliphatic heterocycles. The molecule has 0 bridgehead atoms. The van der Waals surface area contributed by atoms with Crippen molar-refractivity contribution in [2.24, 2.45) is 0 Å². The van der Waals surface area contributed by atoms with Gasteiger partial charge in [0.2, 0.25) is 0 Å². The third-order valence-electron chi connectivity index (χ3n) is 4.69. The second-order valence-electron chi connectivity index (χ2n) is 7.89. The van der Waals surface area contributed by atoms with E-state index in [1.165, 1.54) is 0 Å². The molecular formula is C23H24N2O3. The predicted octanol–water partition coefficient (Wildman–Crippen LogP) is 3.96. The summed E-state index contributed by atoms with van der Waals surface area (Å²) in [5, 5.41) is 13.1. The van der Waals surface area contributed by atoms with Crippen molar-refractivity contribution in [2.75, 3.05) is 0 Å². The van der Waals surface area contributed by atoms with E-state index in [1.54, 1.807) is 18.2 Å². The minimum absolute atomic E-state index is 0.0135. The van der Waals surface area contributed by atoms with Gasteiger partial charge >= 0.3 is 5.97 Å². The Morgan fingerprint density at radius 2 is 1.68 bits per heavy atom. The molecule has 1 amide bonds. The van der Waals surface area contributed by atoms with Crippen molar-refractivity contribution < 1.29 is 14.7 Å². The highest BCUT2D eigenvalue weighted by molar-refractivity contribution is 5.96. The minimum atomic E-state index is -1.09. The lowest BCUT2D eigenvalue weighted by atomic mass is 9.86. The first-order chi connectivity index (χ1) is 13.2. The number of carboxylic acid groups (broad SMARTS) is 1. The van der Waals surface area contributed by atoms with Gasteiger partial charge in [0.1, 0.15) is 6.04 Å². The molecule has 1 heterocycles. The third-order valence-corrected chi connectivity index (χ3v) is 4.69. The van der Waals surface area contributed by atoms with Crippen molar-refractivity contribution in [1.29, 1.82) is 0 Å². The van der Waals surface area contributed by atoms with Gasteiger partial charge in [0, 0.05) is 23.1 Å². The monoisotopic (exact) mass is 376 g/mol. The summed E-state index contributed by atoms with van der Waals surface area (Å²) in [5.41, 5.74) is 2.95. The van der Waals surface area contributed by atoms with E-state index in [2.05, 4.69) is 31.1 Å². The Balaban J connectivity index is 1.75. The van der Waals surface area contributed by atoms with Crippen molar-refractivity contribution >= 4 is 22.8 Å². The Labute approximate surface area is 164 Å². The van der Waals surface area contributed by atoms with E-state index >= 15 is 0 Å². The van der Waals surface area contributed by atoms with Crippen molar-refractivity contribution in [2.45, 2.75) is 38.6 Å². The van der Waals surface area contributed by atoms with Crippen LogP contribution in [0.5, 0.6) is 0 Å². The van der Waals surface area contributed by atoms with Gasteiger partial charge < -0.3 is 10.4 Å². The molecule has 1 atom stereocenters. The molecule has 3 aromatic rings. The average Bonchev–Trinajstić information content (AvgIpc) is 2.66. The molecule has 0 aliphatic rings. The van der Waals surface area contributed by atoms with Crippen molar-refractivity contribution in [3.63, 3.8) is 0 Å². The Bertz CT molecular complexity index is 1000. The van der Waals surface area contributed by atoms with Crippen LogP contribution in [0.25, 0.3) is 10.9 Å². The zero-order chi connectivity index (χ0) is 20.3. The highest BCUT2D eigenvalue weighted by Crippen LogP contribution is 2.22. The van der Waals surface area contributed by atoms with Gasteiger partial charge in [0.25, 0.3) is 5.91 Å². The lowest BCUT2D eigenvalue weighted by molar-refractivity contribution is -0.139. The molecule has 28 heavy (non-hydrogen) atoms. The second-order valence-corrected chi connectivity index (χ2v) is 7.89. The molecule has 0 fully saturated rings. The first-order valence-electron chi connectivity index (χ1n) is 9.23. The molecular weight excluding hydrogens is 352 g/mol. The molecule has 0 saturated carbocycles. The average molecular weight is 376 g/mol. The van der Waals surface area contributed by atoms with Crippen molar-refractivity contribution in [3.05, 3.63) is 77.5 Å². The lowest BCUT2D eigenvalue weighted by Crippen LogP contribution is -2.42. The standard InChI is InChI=1S/C23H24N2O3/c1-23(2,3)17-11-8-16(9-12-17)21(26)25-20(22(27)28)14-18-13-10-15-6-4-5-7-19(15)24-18/h4-13,20H,14H2,1-3H3,(H,25,26)(H,27,28)/t20-/m0/s1. The van der Waals surface area contributed by atoms with E-state index in [1.807, 2.05) is 42.5 Å². The lowest BCUT2D eigenvalue weighted by Gasteiger charge is -2.19. The highest BCUT2D eigenvalue weighted by Gasteiger charge is 2.22. The highest BCUT2D eigenvalue weighted by atomic mass is 16.4. The fraction of sp³-hybridized carbons (Fsp3) is 0.261. The van der Waals surface area contributed by atoms with Crippen LogP contribution in [0.4, 0.5) is 0 Å². The number of aliphatic carboxylic acids is 1. The summed E-state index contributed by atoms with van der Waals surface area (Å²) in [4.78, 5) is 28.7. The molecule has 0 spiro atoms. The number of fused-ring (bicyclic) bond motifs is 1. The van der Waals surface area contributed by atoms with Crippen LogP contribution < -0.4 is 5.32 Å². The Kier molecular flexibility index (Phi) is 5.45. The first-order valence-corrected chi connectivity index (χ1v) is 9.23. The molecule has 2 N–H and O–H groups in total. The Morgan fingerprint density at radius 3 is 2.32 bits per heavy atom. The number of carbonyl (C=O) groups is 2. The van der Waals surface area contributed by atoms with E-state index in [-0.39, 0.29) is 11.8 Å². The number of rotatable bonds is 5. The zero-order valence-electron chi connectivity index (χ0n) is 16.3. The molecule has 5 nitrogen and oxygen atoms in total. The number of carboxylic acids is 1. The summed E-state index contributed by atoms with van der Waals surface area (Å²) < 4.78 is 0. The number of carbonyl (C=O) groups excluding carboxylic acids is 1. The molecule has 2 aromatic carbocycles. The number of amides is 1. The number of nitrogens with one attached hydrogen (secondary N) is 1. The first kappa shape index (κ1) is 19.5. The summed E-state index contributed by atoms with van der Waals surface area (Å²) >= 11 is 0. The van der Waals surface area contributed by atoms with Gasteiger partial charge in [-0.15, -0.1) is 0 Å². The third kappa shape index (κ3) is 4.55. The maximum Gasteiger partial charge on any atom is 0.326 e. The maximum absolute atomic E-state index is 12.5. The molecule has 3 rings (SSSR count). The maximum atomic E-state index is 12.5. The fourth-order valence-electron chi connectivity index (χ4n) is 2.99. The van der Waals surface area contributed by atoms with Gasteiger partial charge in [0.15, 0.2) is 0 Å². The van der Waals surface area contributed by atoms with Crippen LogP contribution in [-0.2, 0) is 16.6 Å². The molecule has 144 valence electrons. The minimum Gasteiger partial charge on any atom is -0.480 e. The molecule has 0 saturated heterocycles. The quantitative estimate of drug-likeness (QED) is 0.706. The van der Waals surface area contributed by atoms with Gasteiger partial charge in [-0.1, -0.05) is 57.2 Å². The summed E-state index contributed by atoms with van der Waals surface area (Å²) in [6.45, 7) is 6.29. The van der Waals surface area contributed by atoms with Crippen LogP contribution in [-0.4, -0.2) is 28.0 Å². The second kappa shape index (κ2) is 7.80. The number of para-hydroxylation sites is 1. The normalized spacial score (nSPS) is 12.5. The van der Waals surface area contributed by atoms with Gasteiger partial charge in [-0.3, -0.25) is 9.78 Å². The Morgan fingerprint density at radius 1 is 1.00 bits per heavy atom. The molecule has 0 unspecified atom stereocenters. The predicted molar refractivity (Wildman–Crippen MR) is 109 cm³/mol. The number of hydrogen-bond acceptors (Lipinski definition) is 3. The van der Waals surface area contributed by atoms with E-state index in [9.17, 15) is 14.7 Å². The molecule has 0 aliphatic carbocycles. The SMILES string of the molecule is CC(C)(C)c1ccc(C(=O)N[C@@H](Cc2ccc3ccccc3n2)C(=O)O)cc1. The van der Waals surface area contributed by atoms with Gasteiger partial charge in [-0.25, -0.2) is 4.79 Å². The molecule has 5 heteroatoms. The van der Waals surface area contributed by atoms with Gasteiger partial charge in [0.05, 0.1) is 5.52 Å². The number of hydrogen-bond donors (Lipinski definition) is 2. The summed E-state index contributed by atoms with van der Waals surface area (Å²) in [6.07, 6.45) is 0.117. The van der Waals surface area contributed by atoms with Crippen molar-refractivity contribution in [1.82, 2.24) is 10.3 Å². The Hall–Kier alpha value is -3.21. The van der Waals surface area contributed by atoms with E-state index in [4.69, 9.17) is 0 Å². The number of nitrogens with zero attached hydrogens (tertiary/aromatic N) is 1. The van der Waals surface area contributed by atoms with Crippen LogP contribution in [0.15, 0.2) is 60.7 Å². The van der Waals surface area contributed by atoms with Crippen LogP contribution in [0.2, 0.25) is 0 Å². The number of pyridine rings is 1. The summed E-state index contributed by atoms with van der Waals surface area (Å²) in [5.74, 6) is -1.50. The molecule has 1 aromatic heterocycles. The van der Waals surface area contributed by atoms with Crippen molar-refractivity contribution in [3.8, 4) is 0 Å². The largest absolute Gasteiger partial charge is 0.480 e. The van der Waals surface area contributed by atoms with E-state index in [0.717, 1.165) is 16.5 Å². The smallest absolute Gasteiger partial charge is 0.326 e. The number of benzene rings is 2. The summed E-state index contributed by atoms with van der Waals surface area (Å²) in [7, 11) is 0. The zero-order valence-corrected chi connectivity index (χ0v) is 16.3. The van der Waals surface area contributed by atoms with Gasteiger partial charge in [-0.2, -0.15) is 0 Å². The van der Waals surface area contributed by atoms with Crippen LogP contribution >= 0.6 is 0 Å². The molecule has 0 radical (unpaired) electrons.